The average molecular weight is 297 g/mol. The van der Waals surface area contributed by atoms with Crippen molar-refractivity contribution in [2.24, 2.45) is 0 Å². The third kappa shape index (κ3) is 7.91. The molecule has 0 spiro atoms. The van der Waals surface area contributed by atoms with Crippen molar-refractivity contribution in [2.45, 2.75) is 27.2 Å². The van der Waals surface area contributed by atoms with Crippen molar-refractivity contribution < 1.29 is 23.9 Å². The summed E-state index contributed by atoms with van der Waals surface area (Å²) in [7, 11) is 0. The fourth-order valence-electron chi connectivity index (χ4n) is 1.34. The fourth-order valence-corrected chi connectivity index (χ4v) is 1.34. The molecule has 0 atom stereocenters. The first-order valence-electron chi connectivity index (χ1n) is 6.72. The van der Waals surface area contributed by atoms with Crippen molar-refractivity contribution in [3.63, 3.8) is 0 Å². The number of likely N-dealkylation sites (N-methyl/N-ethyl adjacent to an activating group) is 1. The van der Waals surface area contributed by atoms with Gasteiger partial charge in [0.15, 0.2) is 0 Å². The Kier molecular flexibility index (Phi) is 8.76. The molecular weight excluding hydrogens is 274 g/mol. The SMILES string of the molecule is C=C(C)C(=O)OCCC(=O)N(CC)CCOC(=O)C(=C)C. The van der Waals surface area contributed by atoms with E-state index >= 15 is 0 Å². The molecule has 0 aromatic rings. The van der Waals surface area contributed by atoms with Gasteiger partial charge in [-0.2, -0.15) is 0 Å². The van der Waals surface area contributed by atoms with E-state index in [1.54, 1.807) is 13.8 Å². The summed E-state index contributed by atoms with van der Waals surface area (Å²) >= 11 is 0. The summed E-state index contributed by atoms with van der Waals surface area (Å²) in [6.45, 7) is 12.7. The molecule has 0 N–H and O–H groups in total. The summed E-state index contributed by atoms with van der Waals surface area (Å²) in [4.78, 5) is 35.8. The number of hydrogen-bond donors (Lipinski definition) is 0. The lowest BCUT2D eigenvalue weighted by molar-refractivity contribution is -0.144. The van der Waals surface area contributed by atoms with Gasteiger partial charge in [0, 0.05) is 17.7 Å². The van der Waals surface area contributed by atoms with E-state index in [9.17, 15) is 14.4 Å². The molecule has 21 heavy (non-hydrogen) atoms. The Hall–Kier alpha value is -2.11. The molecule has 0 aliphatic rings. The maximum absolute atomic E-state index is 11.9. The van der Waals surface area contributed by atoms with Crippen molar-refractivity contribution in [3.8, 4) is 0 Å². The summed E-state index contributed by atoms with van der Waals surface area (Å²) in [5.74, 6) is -1.16. The first kappa shape index (κ1) is 18.9. The van der Waals surface area contributed by atoms with Gasteiger partial charge in [0.05, 0.1) is 13.0 Å². The van der Waals surface area contributed by atoms with E-state index in [0.29, 0.717) is 24.2 Å². The molecule has 0 bridgehead atoms. The van der Waals surface area contributed by atoms with Crippen molar-refractivity contribution in [2.75, 3.05) is 26.3 Å². The molecule has 0 aliphatic heterocycles. The first-order chi connectivity index (χ1) is 9.79. The van der Waals surface area contributed by atoms with Crippen LogP contribution in [0.5, 0.6) is 0 Å². The van der Waals surface area contributed by atoms with Crippen LogP contribution in [0.2, 0.25) is 0 Å². The second-order valence-corrected chi connectivity index (χ2v) is 4.56. The van der Waals surface area contributed by atoms with Gasteiger partial charge >= 0.3 is 11.9 Å². The highest BCUT2D eigenvalue weighted by atomic mass is 16.5. The van der Waals surface area contributed by atoms with Gasteiger partial charge < -0.3 is 14.4 Å². The van der Waals surface area contributed by atoms with Gasteiger partial charge in [-0.25, -0.2) is 9.59 Å². The molecule has 6 nitrogen and oxygen atoms in total. The third-order valence-corrected chi connectivity index (χ3v) is 2.57. The molecule has 0 aromatic carbocycles. The predicted octanol–water partition coefficient (Wildman–Crippen LogP) is 1.46. The Morgan fingerprint density at radius 2 is 1.43 bits per heavy atom. The number of esters is 2. The largest absolute Gasteiger partial charge is 0.462 e. The molecule has 1 amide bonds. The van der Waals surface area contributed by atoms with Crippen LogP contribution in [0.25, 0.3) is 0 Å². The summed E-state index contributed by atoms with van der Waals surface area (Å²) < 4.78 is 9.79. The summed E-state index contributed by atoms with van der Waals surface area (Å²) in [6.07, 6.45) is 0.0846. The standard InChI is InChI=1S/C15H23NO5/c1-6-16(8-10-21-15(19)12(4)5)13(17)7-9-20-14(18)11(2)3/h2,4,6-10H2,1,3,5H3. The van der Waals surface area contributed by atoms with E-state index in [2.05, 4.69) is 13.2 Å². The highest BCUT2D eigenvalue weighted by molar-refractivity contribution is 5.87. The van der Waals surface area contributed by atoms with Crippen molar-refractivity contribution >= 4 is 17.8 Å². The fraction of sp³-hybridized carbons (Fsp3) is 0.533. The Balaban J connectivity index is 4.07. The van der Waals surface area contributed by atoms with Crippen LogP contribution in [0.1, 0.15) is 27.2 Å². The van der Waals surface area contributed by atoms with Gasteiger partial charge in [0.1, 0.15) is 13.2 Å². The van der Waals surface area contributed by atoms with Crippen molar-refractivity contribution in [3.05, 3.63) is 24.3 Å². The van der Waals surface area contributed by atoms with E-state index in [-0.39, 0.29) is 25.5 Å². The van der Waals surface area contributed by atoms with Crippen LogP contribution in [0, 0.1) is 0 Å². The lowest BCUT2D eigenvalue weighted by atomic mass is 10.3. The summed E-state index contributed by atoms with van der Waals surface area (Å²) in [6, 6.07) is 0. The monoisotopic (exact) mass is 297 g/mol. The van der Waals surface area contributed by atoms with Crippen LogP contribution in [-0.4, -0.2) is 49.0 Å². The Labute approximate surface area is 125 Å². The molecule has 0 aliphatic carbocycles. The predicted molar refractivity (Wildman–Crippen MR) is 78.4 cm³/mol. The Bertz CT molecular complexity index is 428. The normalized spacial score (nSPS) is 9.67. The zero-order valence-electron chi connectivity index (χ0n) is 12.9. The van der Waals surface area contributed by atoms with Crippen molar-refractivity contribution in [1.82, 2.24) is 4.90 Å². The second-order valence-electron chi connectivity index (χ2n) is 4.56. The lowest BCUT2D eigenvalue weighted by Crippen LogP contribution is -2.35. The molecule has 0 saturated carbocycles. The number of carbonyl (C=O) groups excluding carboxylic acids is 3. The van der Waals surface area contributed by atoms with E-state index in [1.165, 1.54) is 4.90 Å². The minimum absolute atomic E-state index is 0.00653. The molecule has 0 heterocycles. The molecule has 0 aromatic heterocycles. The van der Waals surface area contributed by atoms with Gasteiger partial charge in [0.25, 0.3) is 0 Å². The number of amides is 1. The molecule has 0 saturated heterocycles. The Morgan fingerprint density at radius 1 is 0.952 bits per heavy atom. The van der Waals surface area contributed by atoms with Crippen LogP contribution >= 0.6 is 0 Å². The van der Waals surface area contributed by atoms with Gasteiger partial charge in [-0.15, -0.1) is 0 Å². The molecule has 0 fully saturated rings. The van der Waals surface area contributed by atoms with Crippen molar-refractivity contribution in [1.29, 1.82) is 0 Å². The van der Waals surface area contributed by atoms with Crippen LogP contribution in [0.15, 0.2) is 24.3 Å². The minimum Gasteiger partial charge on any atom is -0.462 e. The molecule has 0 rings (SSSR count). The second kappa shape index (κ2) is 9.74. The molecule has 6 heteroatoms. The van der Waals surface area contributed by atoms with Gasteiger partial charge in [-0.05, 0) is 20.8 Å². The van der Waals surface area contributed by atoms with Crippen LogP contribution in [0.3, 0.4) is 0 Å². The summed E-state index contributed by atoms with van der Waals surface area (Å²) in [5, 5.41) is 0. The van der Waals surface area contributed by atoms with Crippen LogP contribution < -0.4 is 0 Å². The zero-order valence-corrected chi connectivity index (χ0v) is 12.9. The average Bonchev–Trinajstić information content (AvgIpc) is 2.42. The number of rotatable bonds is 9. The number of nitrogens with zero attached hydrogens (tertiary/aromatic N) is 1. The number of hydrogen-bond acceptors (Lipinski definition) is 5. The Morgan fingerprint density at radius 3 is 1.86 bits per heavy atom. The van der Waals surface area contributed by atoms with Crippen LogP contribution in [0.4, 0.5) is 0 Å². The van der Waals surface area contributed by atoms with E-state index in [0.717, 1.165) is 0 Å². The van der Waals surface area contributed by atoms with Gasteiger partial charge in [-0.3, -0.25) is 4.79 Å². The van der Waals surface area contributed by atoms with E-state index < -0.39 is 11.9 Å². The first-order valence-corrected chi connectivity index (χ1v) is 6.72. The molecule has 118 valence electrons. The van der Waals surface area contributed by atoms with E-state index in [4.69, 9.17) is 9.47 Å². The highest BCUT2D eigenvalue weighted by Crippen LogP contribution is 1.99. The summed E-state index contributed by atoms with van der Waals surface area (Å²) in [5.41, 5.74) is 0.609. The van der Waals surface area contributed by atoms with Crippen LogP contribution in [-0.2, 0) is 23.9 Å². The zero-order chi connectivity index (χ0) is 16.4. The van der Waals surface area contributed by atoms with Gasteiger partial charge in [-0.1, -0.05) is 13.2 Å². The maximum Gasteiger partial charge on any atom is 0.333 e. The third-order valence-electron chi connectivity index (χ3n) is 2.57. The van der Waals surface area contributed by atoms with E-state index in [1.807, 2.05) is 6.92 Å². The molecule has 0 unspecified atom stereocenters. The molecule has 0 radical (unpaired) electrons. The smallest absolute Gasteiger partial charge is 0.333 e. The number of carbonyl (C=O) groups is 3. The maximum atomic E-state index is 11.9. The topological polar surface area (TPSA) is 72.9 Å². The molecular formula is C15H23NO5. The minimum atomic E-state index is -0.513. The van der Waals surface area contributed by atoms with Gasteiger partial charge in [0.2, 0.25) is 5.91 Å². The lowest BCUT2D eigenvalue weighted by Gasteiger charge is -2.20. The highest BCUT2D eigenvalue weighted by Gasteiger charge is 2.13. The quantitative estimate of drug-likeness (QED) is 0.476. The number of ether oxygens (including phenoxy) is 2.